The molecule has 11 heteroatoms. The maximum atomic E-state index is 13.2. The maximum absolute atomic E-state index is 13.2. The molecule has 0 unspecified atom stereocenters. The average molecular weight is 317 g/mol. The van der Waals surface area contributed by atoms with Gasteiger partial charge in [-0.05, 0) is 6.07 Å². The van der Waals surface area contributed by atoms with Crippen molar-refractivity contribution < 1.29 is 28.0 Å². The average Bonchev–Trinajstić information content (AvgIpc) is 2.87. The van der Waals surface area contributed by atoms with E-state index < -0.39 is 39.7 Å². The van der Waals surface area contributed by atoms with E-state index in [0.29, 0.717) is 23.9 Å². The van der Waals surface area contributed by atoms with Crippen molar-refractivity contribution in [1.82, 2.24) is 10.2 Å². The minimum absolute atomic E-state index is 0.161. The van der Waals surface area contributed by atoms with Crippen molar-refractivity contribution in [3.05, 3.63) is 33.9 Å². The Kier molecular flexibility index (Phi) is 4.12. The molecule has 0 amide bonds. The molecule has 0 aliphatic carbocycles. The Labute approximate surface area is 118 Å². The first-order valence-corrected chi connectivity index (χ1v) is 6.19. The summed E-state index contributed by atoms with van der Waals surface area (Å²) in [6, 6.07) is 0.964. The van der Waals surface area contributed by atoms with Gasteiger partial charge in [-0.2, -0.15) is 0 Å². The first-order valence-electron chi connectivity index (χ1n) is 5.20. The van der Waals surface area contributed by atoms with Crippen molar-refractivity contribution in [2.75, 3.05) is 5.75 Å². The molecule has 2 rings (SSSR count). The van der Waals surface area contributed by atoms with Gasteiger partial charge in [0.1, 0.15) is 11.3 Å². The van der Waals surface area contributed by atoms with Gasteiger partial charge in [0.25, 0.3) is 16.8 Å². The highest BCUT2D eigenvalue weighted by Crippen LogP contribution is 2.32. The highest BCUT2D eigenvalue weighted by atomic mass is 32.2. The number of nitro groups is 1. The second-order valence-corrected chi connectivity index (χ2v) is 4.52. The Morgan fingerprint density at radius 1 is 1.38 bits per heavy atom. The van der Waals surface area contributed by atoms with Gasteiger partial charge in [0, 0.05) is 0 Å². The summed E-state index contributed by atoms with van der Waals surface area (Å²) in [5.41, 5.74) is -1.14. The van der Waals surface area contributed by atoms with E-state index in [-0.39, 0.29) is 11.0 Å². The van der Waals surface area contributed by atoms with E-state index in [2.05, 4.69) is 10.2 Å². The molecular formula is C10H5F2N3O5S. The van der Waals surface area contributed by atoms with Gasteiger partial charge >= 0.3 is 5.97 Å². The van der Waals surface area contributed by atoms with E-state index in [1.807, 2.05) is 0 Å². The lowest BCUT2D eigenvalue weighted by Gasteiger charge is -1.99. The Hall–Kier alpha value is -2.56. The van der Waals surface area contributed by atoms with Crippen LogP contribution in [0.2, 0.25) is 0 Å². The van der Waals surface area contributed by atoms with Crippen molar-refractivity contribution in [1.29, 1.82) is 0 Å². The zero-order valence-electron chi connectivity index (χ0n) is 9.95. The number of nitrogens with zero attached hydrogens (tertiary/aromatic N) is 3. The smallest absolute Gasteiger partial charge is 0.314 e. The minimum atomic E-state index is -1.38. The first-order chi connectivity index (χ1) is 9.88. The zero-order valence-corrected chi connectivity index (χ0v) is 10.8. The topological polar surface area (TPSA) is 119 Å². The highest BCUT2D eigenvalue weighted by molar-refractivity contribution is 7.99. The molecule has 0 aliphatic heterocycles. The van der Waals surface area contributed by atoms with Crippen LogP contribution in [0.4, 0.5) is 14.5 Å². The first kappa shape index (κ1) is 14.8. The molecular weight excluding hydrogens is 312 g/mol. The summed E-state index contributed by atoms with van der Waals surface area (Å²) < 4.78 is 31.2. The number of aliphatic carboxylic acids is 1. The fourth-order valence-corrected chi connectivity index (χ4v) is 1.84. The van der Waals surface area contributed by atoms with Crippen LogP contribution in [0.1, 0.15) is 0 Å². The molecule has 21 heavy (non-hydrogen) atoms. The van der Waals surface area contributed by atoms with Crippen molar-refractivity contribution >= 4 is 23.4 Å². The Bertz CT molecular complexity index is 721. The summed E-state index contributed by atoms with van der Waals surface area (Å²) in [6.07, 6.45) is 0. The monoisotopic (exact) mass is 317 g/mol. The van der Waals surface area contributed by atoms with Gasteiger partial charge in [-0.25, -0.2) is 8.78 Å². The number of carboxylic acids is 1. The van der Waals surface area contributed by atoms with Gasteiger partial charge in [0.2, 0.25) is 0 Å². The summed E-state index contributed by atoms with van der Waals surface area (Å²) in [4.78, 5) is 20.3. The molecule has 0 atom stereocenters. The van der Waals surface area contributed by atoms with Gasteiger partial charge in [0.15, 0.2) is 11.6 Å². The quantitative estimate of drug-likeness (QED) is 0.506. The number of hydrogen-bond acceptors (Lipinski definition) is 7. The van der Waals surface area contributed by atoms with E-state index >= 15 is 0 Å². The van der Waals surface area contributed by atoms with E-state index in [9.17, 15) is 23.7 Å². The summed E-state index contributed by atoms with van der Waals surface area (Å²) >= 11 is 0.688. The Balaban J connectivity index is 2.39. The number of benzene rings is 1. The molecule has 1 aromatic carbocycles. The van der Waals surface area contributed by atoms with Crippen LogP contribution in [0.15, 0.2) is 21.8 Å². The van der Waals surface area contributed by atoms with Crippen LogP contribution in [0.25, 0.3) is 11.5 Å². The van der Waals surface area contributed by atoms with Crippen LogP contribution in [-0.2, 0) is 4.79 Å². The molecule has 0 radical (unpaired) electrons. The third kappa shape index (κ3) is 3.31. The molecule has 1 N–H and O–H groups in total. The van der Waals surface area contributed by atoms with Crippen LogP contribution in [0.5, 0.6) is 0 Å². The number of hydrogen-bond donors (Lipinski definition) is 1. The fourth-order valence-electron chi connectivity index (χ4n) is 1.36. The summed E-state index contributed by atoms with van der Waals surface area (Å²) in [5, 5.41) is 26.1. The lowest BCUT2D eigenvalue weighted by Crippen LogP contribution is -1.97. The molecule has 0 saturated carbocycles. The molecule has 0 saturated heterocycles. The molecule has 1 heterocycles. The van der Waals surface area contributed by atoms with Crippen molar-refractivity contribution in [3.63, 3.8) is 0 Å². The summed E-state index contributed by atoms with van der Waals surface area (Å²) in [7, 11) is 0. The molecule has 0 spiro atoms. The lowest BCUT2D eigenvalue weighted by atomic mass is 10.1. The molecule has 2 aromatic rings. The lowest BCUT2D eigenvalue weighted by molar-refractivity contribution is -0.384. The number of aromatic nitrogens is 2. The van der Waals surface area contributed by atoms with Gasteiger partial charge < -0.3 is 9.52 Å². The van der Waals surface area contributed by atoms with Gasteiger partial charge in [-0.1, -0.05) is 11.8 Å². The normalized spacial score (nSPS) is 10.6. The standard InChI is InChI=1S/C10H5F2N3O5S/c11-5-1-4(7(15(18)19)2-6(5)12)9-13-14-10(20-9)21-3-8(16)17/h1-2H,3H2,(H,16,17). The highest BCUT2D eigenvalue weighted by Gasteiger charge is 2.24. The predicted octanol–water partition coefficient (Wildman–Crippen LogP) is 2.10. The van der Waals surface area contributed by atoms with Crippen molar-refractivity contribution in [2.24, 2.45) is 0 Å². The minimum Gasteiger partial charge on any atom is -0.481 e. The largest absolute Gasteiger partial charge is 0.481 e. The third-order valence-electron chi connectivity index (χ3n) is 2.19. The van der Waals surface area contributed by atoms with Crippen LogP contribution in [0, 0.1) is 21.7 Å². The second-order valence-electron chi connectivity index (χ2n) is 3.60. The third-order valence-corrected chi connectivity index (χ3v) is 2.99. The fraction of sp³-hybridized carbons (Fsp3) is 0.100. The molecule has 1 aromatic heterocycles. The molecule has 0 bridgehead atoms. The SMILES string of the molecule is O=C(O)CSc1nnc(-c2cc(F)c(F)cc2[N+](=O)[O-])o1. The number of carbonyl (C=O) groups is 1. The maximum Gasteiger partial charge on any atom is 0.314 e. The van der Waals surface area contributed by atoms with E-state index in [0.717, 1.165) is 0 Å². The Morgan fingerprint density at radius 2 is 2.05 bits per heavy atom. The number of halogens is 2. The predicted molar refractivity (Wildman–Crippen MR) is 64.7 cm³/mol. The number of thioether (sulfide) groups is 1. The molecule has 8 nitrogen and oxygen atoms in total. The van der Waals surface area contributed by atoms with E-state index in [1.165, 1.54) is 0 Å². The van der Waals surface area contributed by atoms with Gasteiger partial charge in [0.05, 0.1) is 11.0 Å². The van der Waals surface area contributed by atoms with Crippen LogP contribution >= 0.6 is 11.8 Å². The second kappa shape index (κ2) is 5.83. The van der Waals surface area contributed by atoms with Gasteiger partial charge in [-0.3, -0.25) is 14.9 Å². The van der Waals surface area contributed by atoms with Crippen LogP contribution < -0.4 is 0 Å². The molecule has 110 valence electrons. The molecule has 0 aliphatic rings. The van der Waals surface area contributed by atoms with Gasteiger partial charge in [-0.15, -0.1) is 10.2 Å². The van der Waals surface area contributed by atoms with Crippen LogP contribution in [0.3, 0.4) is 0 Å². The number of rotatable bonds is 5. The van der Waals surface area contributed by atoms with Crippen LogP contribution in [-0.4, -0.2) is 31.9 Å². The number of nitro benzene ring substituents is 1. The Morgan fingerprint density at radius 3 is 2.67 bits per heavy atom. The van der Waals surface area contributed by atoms with Crippen molar-refractivity contribution in [2.45, 2.75) is 5.22 Å². The van der Waals surface area contributed by atoms with Crippen molar-refractivity contribution in [3.8, 4) is 11.5 Å². The summed E-state index contributed by atoms with van der Waals surface area (Å²) in [6.45, 7) is 0. The van der Waals surface area contributed by atoms with E-state index in [4.69, 9.17) is 9.52 Å². The zero-order chi connectivity index (χ0) is 15.6. The van der Waals surface area contributed by atoms with E-state index in [1.54, 1.807) is 0 Å². The summed E-state index contributed by atoms with van der Waals surface area (Å²) in [5.74, 6) is -4.59. The number of carboxylic acid groups (broad SMARTS) is 1. The molecule has 0 fully saturated rings.